The van der Waals surface area contributed by atoms with E-state index < -0.39 is 0 Å². The molecule has 0 radical (unpaired) electrons. The molecule has 0 aliphatic heterocycles. The lowest BCUT2D eigenvalue weighted by atomic mass is 9.96. The largest absolute Gasteiger partial charge is 0.309 e. The van der Waals surface area contributed by atoms with Gasteiger partial charge in [0.25, 0.3) is 0 Å². The number of hydrogen-bond donors (Lipinski definition) is 1. The molecular formula is C16H18BrNS. The van der Waals surface area contributed by atoms with Gasteiger partial charge in [0.15, 0.2) is 0 Å². The van der Waals surface area contributed by atoms with Gasteiger partial charge in [-0.25, -0.2) is 0 Å². The van der Waals surface area contributed by atoms with E-state index in [-0.39, 0.29) is 0 Å². The Balaban J connectivity index is 2.00. The zero-order valence-corrected chi connectivity index (χ0v) is 13.7. The van der Waals surface area contributed by atoms with Crippen LogP contribution in [0.2, 0.25) is 0 Å². The number of rotatable bonds is 3. The highest BCUT2D eigenvalue weighted by atomic mass is 79.9. The zero-order valence-electron chi connectivity index (χ0n) is 11.3. The minimum atomic E-state index is 0.299. The van der Waals surface area contributed by atoms with E-state index >= 15 is 0 Å². The second-order valence-electron chi connectivity index (χ2n) is 5.17. The molecule has 1 aliphatic rings. The van der Waals surface area contributed by atoms with Gasteiger partial charge in [0.2, 0.25) is 0 Å². The van der Waals surface area contributed by atoms with Gasteiger partial charge in [-0.3, -0.25) is 0 Å². The van der Waals surface area contributed by atoms with Crippen LogP contribution in [0.5, 0.6) is 0 Å². The Morgan fingerprint density at radius 3 is 2.68 bits per heavy atom. The van der Waals surface area contributed by atoms with Crippen molar-refractivity contribution in [1.29, 1.82) is 0 Å². The maximum atomic E-state index is 3.59. The molecule has 19 heavy (non-hydrogen) atoms. The third kappa shape index (κ3) is 2.51. The van der Waals surface area contributed by atoms with Crippen molar-refractivity contribution in [2.45, 2.75) is 32.2 Å². The molecular weight excluding hydrogens is 318 g/mol. The molecule has 0 spiro atoms. The van der Waals surface area contributed by atoms with Crippen LogP contribution in [0.1, 0.15) is 39.6 Å². The maximum absolute atomic E-state index is 3.59. The number of halogens is 1. The highest BCUT2D eigenvalue weighted by Crippen LogP contribution is 2.35. The summed E-state index contributed by atoms with van der Waals surface area (Å²) in [6, 6.07) is 9.55. The summed E-state index contributed by atoms with van der Waals surface area (Å²) in [5, 5.41) is 3.47. The minimum Gasteiger partial charge on any atom is -0.309 e. The second-order valence-corrected chi connectivity index (χ2v) is 7.80. The molecule has 1 heterocycles. The first-order chi connectivity index (χ1) is 9.19. The highest BCUT2D eigenvalue weighted by molar-refractivity contribution is 9.11. The van der Waals surface area contributed by atoms with E-state index in [0.29, 0.717) is 6.04 Å². The first-order valence-electron chi connectivity index (χ1n) is 6.74. The van der Waals surface area contributed by atoms with E-state index in [1.54, 1.807) is 11.1 Å². The Morgan fingerprint density at radius 1 is 1.21 bits per heavy atom. The standard InChI is InChI=1S/C16H18BrNS/c1-10-14(9-15(17)19-10)16(18-2)13-7-6-11-4-3-5-12(11)8-13/h6-9,16,18H,3-5H2,1-2H3. The van der Waals surface area contributed by atoms with Gasteiger partial charge in [0, 0.05) is 4.88 Å². The molecule has 0 fully saturated rings. The molecule has 1 unspecified atom stereocenters. The van der Waals surface area contributed by atoms with Crippen molar-refractivity contribution < 1.29 is 0 Å². The van der Waals surface area contributed by atoms with E-state index in [4.69, 9.17) is 0 Å². The Kier molecular flexibility index (Phi) is 3.79. The number of thiophene rings is 1. The van der Waals surface area contributed by atoms with E-state index in [9.17, 15) is 0 Å². The molecule has 0 saturated carbocycles. The average molecular weight is 336 g/mol. The molecule has 0 saturated heterocycles. The van der Waals surface area contributed by atoms with Gasteiger partial charge in [-0.05, 0) is 77.5 Å². The van der Waals surface area contributed by atoms with Crippen LogP contribution in [0.3, 0.4) is 0 Å². The molecule has 100 valence electrons. The third-order valence-electron chi connectivity index (χ3n) is 3.98. The van der Waals surface area contributed by atoms with Crippen molar-refractivity contribution in [2.75, 3.05) is 7.05 Å². The second kappa shape index (κ2) is 5.39. The van der Waals surface area contributed by atoms with Crippen LogP contribution in [-0.2, 0) is 12.8 Å². The Labute approximate surface area is 127 Å². The van der Waals surface area contributed by atoms with Crippen LogP contribution in [0.25, 0.3) is 0 Å². The number of hydrogen-bond acceptors (Lipinski definition) is 2. The van der Waals surface area contributed by atoms with Crippen molar-refractivity contribution in [3.05, 3.63) is 55.2 Å². The summed E-state index contributed by atoms with van der Waals surface area (Å²) >= 11 is 5.40. The van der Waals surface area contributed by atoms with Gasteiger partial charge in [-0.1, -0.05) is 18.2 Å². The van der Waals surface area contributed by atoms with Crippen LogP contribution in [0.4, 0.5) is 0 Å². The van der Waals surface area contributed by atoms with Gasteiger partial charge < -0.3 is 5.32 Å². The summed E-state index contributed by atoms with van der Waals surface area (Å²) in [7, 11) is 2.04. The lowest BCUT2D eigenvalue weighted by molar-refractivity contribution is 0.690. The lowest BCUT2D eigenvalue weighted by Gasteiger charge is -2.18. The molecule has 1 aliphatic carbocycles. The van der Waals surface area contributed by atoms with Gasteiger partial charge in [0.05, 0.1) is 9.83 Å². The number of fused-ring (bicyclic) bond motifs is 1. The molecule has 1 nitrogen and oxygen atoms in total. The van der Waals surface area contributed by atoms with Gasteiger partial charge in [-0.15, -0.1) is 11.3 Å². The predicted octanol–water partition coefficient (Wildman–Crippen LogP) is 4.62. The zero-order chi connectivity index (χ0) is 13.4. The monoisotopic (exact) mass is 335 g/mol. The predicted molar refractivity (Wildman–Crippen MR) is 86.1 cm³/mol. The van der Waals surface area contributed by atoms with E-state index in [0.717, 1.165) is 0 Å². The Hall–Kier alpha value is -0.640. The van der Waals surface area contributed by atoms with Crippen LogP contribution in [0.15, 0.2) is 28.1 Å². The van der Waals surface area contributed by atoms with Crippen LogP contribution in [0, 0.1) is 6.92 Å². The van der Waals surface area contributed by atoms with Crippen molar-refractivity contribution in [1.82, 2.24) is 5.32 Å². The lowest BCUT2D eigenvalue weighted by Crippen LogP contribution is -2.18. The van der Waals surface area contributed by atoms with E-state index in [1.165, 1.54) is 39.1 Å². The molecule has 0 amide bonds. The fourth-order valence-corrected chi connectivity index (χ4v) is 4.77. The highest BCUT2D eigenvalue weighted by Gasteiger charge is 2.19. The number of nitrogens with one attached hydrogen (secondary N) is 1. The minimum absolute atomic E-state index is 0.299. The van der Waals surface area contributed by atoms with Crippen LogP contribution >= 0.6 is 27.3 Å². The molecule has 0 bridgehead atoms. The van der Waals surface area contributed by atoms with Crippen LogP contribution in [-0.4, -0.2) is 7.05 Å². The average Bonchev–Trinajstić information content (AvgIpc) is 2.97. The van der Waals surface area contributed by atoms with Crippen molar-refractivity contribution in [2.24, 2.45) is 0 Å². The van der Waals surface area contributed by atoms with Gasteiger partial charge in [-0.2, -0.15) is 0 Å². The SMILES string of the molecule is CNC(c1ccc2c(c1)CCC2)c1cc(Br)sc1C. The normalized spacial score (nSPS) is 15.5. The third-order valence-corrected chi connectivity index (χ3v) is 5.55. The smallest absolute Gasteiger partial charge is 0.0704 e. The molecule has 1 N–H and O–H groups in total. The first-order valence-corrected chi connectivity index (χ1v) is 8.35. The molecule has 1 aromatic heterocycles. The molecule has 2 aromatic rings. The summed E-state index contributed by atoms with van der Waals surface area (Å²) in [5.74, 6) is 0. The Morgan fingerprint density at radius 2 is 2.00 bits per heavy atom. The number of benzene rings is 1. The quantitative estimate of drug-likeness (QED) is 0.863. The van der Waals surface area contributed by atoms with E-state index in [2.05, 4.69) is 52.4 Å². The fraction of sp³-hybridized carbons (Fsp3) is 0.375. The summed E-state index contributed by atoms with van der Waals surface area (Å²) in [4.78, 5) is 1.38. The van der Waals surface area contributed by atoms with Crippen molar-refractivity contribution in [3.63, 3.8) is 0 Å². The van der Waals surface area contributed by atoms with Crippen molar-refractivity contribution >= 4 is 27.3 Å². The maximum Gasteiger partial charge on any atom is 0.0704 e. The molecule has 3 heteroatoms. The van der Waals surface area contributed by atoms with Gasteiger partial charge in [0.1, 0.15) is 0 Å². The molecule has 1 atom stereocenters. The summed E-state index contributed by atoms with van der Waals surface area (Å²) in [6.45, 7) is 2.20. The Bertz CT molecular complexity index is 603. The van der Waals surface area contributed by atoms with Crippen molar-refractivity contribution in [3.8, 4) is 0 Å². The summed E-state index contributed by atoms with van der Waals surface area (Å²) in [5.41, 5.74) is 5.86. The number of aryl methyl sites for hydroxylation is 3. The fourth-order valence-electron chi connectivity index (χ4n) is 3.02. The first kappa shape index (κ1) is 13.3. The molecule has 1 aromatic carbocycles. The van der Waals surface area contributed by atoms with Gasteiger partial charge >= 0.3 is 0 Å². The van der Waals surface area contributed by atoms with Crippen LogP contribution < -0.4 is 5.32 Å². The van der Waals surface area contributed by atoms with E-state index in [1.807, 2.05) is 18.4 Å². The summed E-state index contributed by atoms with van der Waals surface area (Å²) in [6.07, 6.45) is 3.81. The molecule has 3 rings (SSSR count). The topological polar surface area (TPSA) is 12.0 Å². The summed E-state index contributed by atoms with van der Waals surface area (Å²) < 4.78 is 1.21.